The van der Waals surface area contributed by atoms with Gasteiger partial charge in [0.15, 0.2) is 5.13 Å². The number of anilines is 1. The molecule has 2 aromatic carbocycles. The Morgan fingerprint density at radius 2 is 2.03 bits per heavy atom. The highest BCUT2D eigenvalue weighted by atomic mass is 32.1. The van der Waals surface area contributed by atoms with Gasteiger partial charge in [-0.3, -0.25) is 24.7 Å². The molecule has 1 saturated heterocycles. The number of fused-ring (bicyclic) bond motifs is 1. The number of nitro benzene ring substituents is 1. The molecule has 0 atom stereocenters. The molecule has 4 rings (SSSR count). The summed E-state index contributed by atoms with van der Waals surface area (Å²) in [5.74, 6) is -0.287. The summed E-state index contributed by atoms with van der Waals surface area (Å²) < 4.78 is 6.44. The van der Waals surface area contributed by atoms with Crippen molar-refractivity contribution in [3.63, 3.8) is 0 Å². The average Bonchev–Trinajstić information content (AvgIpc) is 3.18. The Balaban J connectivity index is 1.68. The predicted octanol–water partition coefficient (Wildman–Crippen LogP) is 3.80. The first-order chi connectivity index (χ1) is 14.9. The van der Waals surface area contributed by atoms with Crippen LogP contribution in [0, 0.1) is 24.0 Å². The molecule has 0 spiro atoms. The standard InChI is InChI=1S/C22H24N4O4S/c1-15-12-16(2)20-19(13-15)31-22(23-20)25(7-6-24-8-10-30-11-9-24)21(27)17-4-3-5-18(14-17)26(28)29/h3-5,12-14H,6-11H2,1-2H3. The van der Waals surface area contributed by atoms with E-state index in [9.17, 15) is 14.9 Å². The molecule has 0 radical (unpaired) electrons. The lowest BCUT2D eigenvalue weighted by Gasteiger charge is -2.29. The van der Waals surface area contributed by atoms with Gasteiger partial charge in [0.2, 0.25) is 0 Å². The molecule has 0 aliphatic carbocycles. The zero-order valence-corrected chi connectivity index (χ0v) is 18.4. The molecular formula is C22H24N4O4S. The highest BCUT2D eigenvalue weighted by molar-refractivity contribution is 7.22. The Morgan fingerprint density at radius 3 is 2.77 bits per heavy atom. The molecule has 8 nitrogen and oxygen atoms in total. The maximum absolute atomic E-state index is 13.4. The summed E-state index contributed by atoms with van der Waals surface area (Å²) >= 11 is 1.47. The number of morpholine rings is 1. The van der Waals surface area contributed by atoms with Gasteiger partial charge in [-0.2, -0.15) is 0 Å². The number of benzene rings is 2. The highest BCUT2D eigenvalue weighted by Crippen LogP contribution is 2.32. The Labute approximate surface area is 184 Å². The number of hydrogen-bond donors (Lipinski definition) is 0. The first-order valence-electron chi connectivity index (χ1n) is 10.2. The van der Waals surface area contributed by atoms with Crippen LogP contribution in [0.1, 0.15) is 21.5 Å². The number of thiazole rings is 1. The van der Waals surface area contributed by atoms with Crippen LogP contribution in [0.25, 0.3) is 10.2 Å². The maximum Gasteiger partial charge on any atom is 0.270 e. The highest BCUT2D eigenvalue weighted by Gasteiger charge is 2.24. The van der Waals surface area contributed by atoms with Gasteiger partial charge in [0, 0.05) is 43.9 Å². The average molecular weight is 441 g/mol. The molecule has 9 heteroatoms. The van der Waals surface area contributed by atoms with E-state index in [4.69, 9.17) is 9.72 Å². The molecular weight excluding hydrogens is 416 g/mol. The van der Waals surface area contributed by atoms with Crippen LogP contribution in [0.4, 0.5) is 10.8 Å². The van der Waals surface area contributed by atoms with Crippen molar-refractivity contribution in [1.82, 2.24) is 9.88 Å². The molecule has 1 amide bonds. The fourth-order valence-corrected chi connectivity index (χ4v) is 4.90. The minimum absolute atomic E-state index is 0.102. The van der Waals surface area contributed by atoms with E-state index in [1.165, 1.54) is 29.5 Å². The first kappa shape index (κ1) is 21.4. The molecule has 0 bridgehead atoms. The summed E-state index contributed by atoms with van der Waals surface area (Å²) in [4.78, 5) is 32.8. The molecule has 1 aliphatic heterocycles. The third kappa shape index (κ3) is 4.73. The van der Waals surface area contributed by atoms with E-state index in [0.29, 0.717) is 31.4 Å². The van der Waals surface area contributed by atoms with E-state index in [-0.39, 0.29) is 17.2 Å². The monoisotopic (exact) mass is 440 g/mol. The number of nitrogens with zero attached hydrogens (tertiary/aromatic N) is 4. The first-order valence-corrected chi connectivity index (χ1v) is 11.0. The smallest absolute Gasteiger partial charge is 0.270 e. The molecule has 0 saturated carbocycles. The number of aryl methyl sites for hydroxylation is 2. The van der Waals surface area contributed by atoms with Crippen LogP contribution < -0.4 is 4.90 Å². The van der Waals surface area contributed by atoms with Crippen LogP contribution in [0.2, 0.25) is 0 Å². The Morgan fingerprint density at radius 1 is 1.26 bits per heavy atom. The number of amides is 1. The third-order valence-corrected chi connectivity index (χ3v) is 6.37. The number of nitro groups is 1. The van der Waals surface area contributed by atoms with Crippen molar-refractivity contribution in [3.8, 4) is 0 Å². The lowest BCUT2D eigenvalue weighted by molar-refractivity contribution is -0.384. The lowest BCUT2D eigenvalue weighted by atomic mass is 10.1. The molecule has 31 heavy (non-hydrogen) atoms. The number of hydrogen-bond acceptors (Lipinski definition) is 7. The van der Waals surface area contributed by atoms with Crippen molar-refractivity contribution >= 4 is 38.3 Å². The maximum atomic E-state index is 13.4. The Bertz CT molecular complexity index is 1120. The second kappa shape index (κ2) is 9.09. The van der Waals surface area contributed by atoms with Crippen molar-refractivity contribution in [3.05, 3.63) is 63.2 Å². The van der Waals surface area contributed by atoms with Gasteiger partial charge < -0.3 is 4.74 Å². The second-order valence-corrected chi connectivity index (χ2v) is 8.65. The van der Waals surface area contributed by atoms with Gasteiger partial charge in [-0.15, -0.1) is 0 Å². The van der Waals surface area contributed by atoms with Gasteiger partial charge in [-0.1, -0.05) is 23.5 Å². The van der Waals surface area contributed by atoms with Crippen LogP contribution in [0.15, 0.2) is 36.4 Å². The summed E-state index contributed by atoms with van der Waals surface area (Å²) in [7, 11) is 0. The molecule has 0 N–H and O–H groups in total. The minimum atomic E-state index is -0.487. The van der Waals surface area contributed by atoms with Crippen molar-refractivity contribution < 1.29 is 14.5 Å². The number of non-ortho nitro benzene ring substituents is 1. The van der Waals surface area contributed by atoms with Gasteiger partial charge in [0.05, 0.1) is 28.4 Å². The zero-order chi connectivity index (χ0) is 22.0. The van der Waals surface area contributed by atoms with E-state index in [2.05, 4.69) is 17.0 Å². The van der Waals surface area contributed by atoms with Crippen LogP contribution >= 0.6 is 11.3 Å². The van der Waals surface area contributed by atoms with Gasteiger partial charge >= 0.3 is 0 Å². The fourth-order valence-electron chi connectivity index (χ4n) is 3.73. The number of aromatic nitrogens is 1. The summed E-state index contributed by atoms with van der Waals surface area (Å²) in [6.07, 6.45) is 0. The van der Waals surface area contributed by atoms with Crippen molar-refractivity contribution in [2.45, 2.75) is 13.8 Å². The largest absolute Gasteiger partial charge is 0.379 e. The summed E-state index contributed by atoms with van der Waals surface area (Å²) in [5, 5.41) is 11.8. The zero-order valence-electron chi connectivity index (χ0n) is 17.5. The molecule has 1 aliphatic rings. The van der Waals surface area contributed by atoms with E-state index in [1.807, 2.05) is 13.8 Å². The van der Waals surface area contributed by atoms with Gasteiger partial charge in [-0.05, 0) is 37.1 Å². The van der Waals surface area contributed by atoms with Crippen molar-refractivity contribution in [1.29, 1.82) is 0 Å². The number of rotatable bonds is 6. The lowest BCUT2D eigenvalue weighted by Crippen LogP contribution is -2.43. The van der Waals surface area contributed by atoms with E-state index >= 15 is 0 Å². The fraction of sp³-hybridized carbons (Fsp3) is 0.364. The quantitative estimate of drug-likeness (QED) is 0.428. The predicted molar refractivity (Wildman–Crippen MR) is 121 cm³/mol. The summed E-state index contributed by atoms with van der Waals surface area (Å²) in [5.41, 5.74) is 3.27. The SMILES string of the molecule is Cc1cc(C)c2nc(N(CCN3CCOCC3)C(=O)c3cccc([N+](=O)[O-])c3)sc2c1. The van der Waals surface area contributed by atoms with Gasteiger partial charge in [0.1, 0.15) is 0 Å². The van der Waals surface area contributed by atoms with Crippen LogP contribution in [-0.4, -0.2) is 60.1 Å². The summed E-state index contributed by atoms with van der Waals surface area (Å²) in [6, 6.07) is 10.0. The molecule has 2 heterocycles. The minimum Gasteiger partial charge on any atom is -0.379 e. The van der Waals surface area contributed by atoms with Crippen LogP contribution in [0.5, 0.6) is 0 Å². The Kier molecular flexibility index (Phi) is 6.26. The van der Waals surface area contributed by atoms with Crippen molar-refractivity contribution in [2.75, 3.05) is 44.3 Å². The third-order valence-electron chi connectivity index (χ3n) is 5.34. The second-order valence-electron chi connectivity index (χ2n) is 7.64. The van der Waals surface area contributed by atoms with E-state index < -0.39 is 4.92 Å². The van der Waals surface area contributed by atoms with E-state index in [0.717, 1.165) is 34.4 Å². The normalized spacial score (nSPS) is 14.6. The van der Waals surface area contributed by atoms with Crippen LogP contribution in [-0.2, 0) is 4.74 Å². The molecule has 0 unspecified atom stereocenters. The molecule has 162 valence electrons. The molecule has 3 aromatic rings. The van der Waals surface area contributed by atoms with Gasteiger partial charge in [-0.25, -0.2) is 4.98 Å². The van der Waals surface area contributed by atoms with E-state index in [1.54, 1.807) is 11.0 Å². The molecule has 1 fully saturated rings. The summed E-state index contributed by atoms with van der Waals surface area (Å²) in [6.45, 7) is 8.16. The molecule has 1 aromatic heterocycles. The number of carbonyl (C=O) groups excluding carboxylic acids is 1. The topological polar surface area (TPSA) is 88.8 Å². The number of carbonyl (C=O) groups is 1. The van der Waals surface area contributed by atoms with Crippen molar-refractivity contribution in [2.24, 2.45) is 0 Å². The van der Waals surface area contributed by atoms with Crippen LogP contribution in [0.3, 0.4) is 0 Å². The Hall–Kier alpha value is -2.88. The number of ether oxygens (including phenoxy) is 1. The van der Waals surface area contributed by atoms with Gasteiger partial charge in [0.25, 0.3) is 11.6 Å².